The third-order valence-corrected chi connectivity index (χ3v) is 1.42. The maximum Gasteiger partial charge on any atom is 0.115 e. The van der Waals surface area contributed by atoms with Crippen LogP contribution in [0.4, 0.5) is 0 Å². The maximum absolute atomic E-state index is 8.90. The summed E-state index contributed by atoms with van der Waals surface area (Å²) in [5.74, 6) is 0.282. The van der Waals surface area contributed by atoms with E-state index < -0.39 is 0 Å². The van der Waals surface area contributed by atoms with Crippen LogP contribution in [-0.4, -0.2) is 17.4 Å². The lowest BCUT2D eigenvalue weighted by atomic mass is 10.1. The van der Waals surface area contributed by atoms with Crippen LogP contribution in [0.15, 0.2) is 24.3 Å². The van der Waals surface area contributed by atoms with Crippen LogP contribution in [0.2, 0.25) is 0 Å². The molecule has 0 aliphatic heterocycles. The van der Waals surface area contributed by atoms with E-state index in [0.29, 0.717) is 0 Å². The van der Waals surface area contributed by atoms with E-state index in [0.717, 1.165) is 5.56 Å². The monoisotopic (exact) mass is 214 g/mol. The Morgan fingerprint density at radius 2 is 1.53 bits per heavy atom. The first-order valence-electron chi connectivity index (χ1n) is 4.97. The number of benzene rings is 1. The SMILES string of the molecule is CC.CC(N)c1ccc(O)cc1.CNO. The van der Waals surface area contributed by atoms with E-state index in [2.05, 4.69) is 0 Å². The van der Waals surface area contributed by atoms with Crippen molar-refractivity contribution in [2.24, 2.45) is 5.73 Å². The molecule has 0 spiro atoms. The first-order valence-corrected chi connectivity index (χ1v) is 4.97. The molecule has 0 heterocycles. The molecule has 0 aromatic heterocycles. The van der Waals surface area contributed by atoms with Gasteiger partial charge in [0.1, 0.15) is 5.75 Å². The highest BCUT2D eigenvalue weighted by atomic mass is 16.5. The normalized spacial score (nSPS) is 10.3. The van der Waals surface area contributed by atoms with E-state index in [4.69, 9.17) is 16.0 Å². The van der Waals surface area contributed by atoms with E-state index in [-0.39, 0.29) is 11.8 Å². The molecule has 0 aliphatic rings. The predicted octanol–water partition coefficient (Wildman–Crippen LogP) is 2.03. The van der Waals surface area contributed by atoms with Crippen molar-refractivity contribution in [3.63, 3.8) is 0 Å². The molecule has 1 aromatic carbocycles. The number of phenols is 1. The Bertz CT molecular complexity index is 223. The van der Waals surface area contributed by atoms with Gasteiger partial charge in [-0.3, -0.25) is 0 Å². The van der Waals surface area contributed by atoms with Gasteiger partial charge in [-0.05, 0) is 24.6 Å². The number of phenolic OH excluding ortho intramolecular Hbond substituents is 1. The highest BCUT2D eigenvalue weighted by Gasteiger charge is 1.96. The van der Waals surface area contributed by atoms with Gasteiger partial charge in [0, 0.05) is 13.1 Å². The van der Waals surface area contributed by atoms with E-state index in [1.807, 2.05) is 32.9 Å². The van der Waals surface area contributed by atoms with Gasteiger partial charge in [0.2, 0.25) is 0 Å². The van der Waals surface area contributed by atoms with Gasteiger partial charge in [-0.15, -0.1) is 0 Å². The minimum Gasteiger partial charge on any atom is -0.508 e. The Morgan fingerprint density at radius 3 is 1.80 bits per heavy atom. The number of hydrogen-bond donors (Lipinski definition) is 4. The number of rotatable bonds is 1. The van der Waals surface area contributed by atoms with Crippen LogP contribution in [0.25, 0.3) is 0 Å². The fourth-order valence-corrected chi connectivity index (χ4v) is 0.778. The van der Waals surface area contributed by atoms with Crippen LogP contribution < -0.4 is 11.2 Å². The standard InChI is InChI=1S/C8H11NO.C2H6.CH5NO/c1-6(9)7-2-4-8(10)5-3-7;1-2;1-2-3/h2-6,10H,9H2,1H3;1-2H3;2-3H,1H3. The third kappa shape index (κ3) is 9.21. The molecule has 0 amide bonds. The molecule has 1 rings (SSSR count). The molecule has 0 fully saturated rings. The zero-order chi connectivity index (χ0) is 12.3. The summed E-state index contributed by atoms with van der Waals surface area (Å²) in [4.78, 5) is 0. The molecular formula is C11H22N2O2. The summed E-state index contributed by atoms with van der Waals surface area (Å²) in [6.07, 6.45) is 0. The first kappa shape index (κ1) is 16.3. The maximum atomic E-state index is 8.90. The molecular weight excluding hydrogens is 192 g/mol. The van der Waals surface area contributed by atoms with Gasteiger partial charge in [-0.1, -0.05) is 26.0 Å². The summed E-state index contributed by atoms with van der Waals surface area (Å²) in [6.45, 7) is 5.91. The first-order chi connectivity index (χ1) is 7.11. The van der Waals surface area contributed by atoms with Crippen molar-refractivity contribution in [2.75, 3.05) is 7.05 Å². The predicted molar refractivity (Wildman–Crippen MR) is 62.9 cm³/mol. The number of hydrogen-bond acceptors (Lipinski definition) is 4. The highest BCUT2D eigenvalue weighted by molar-refractivity contribution is 5.27. The quantitative estimate of drug-likeness (QED) is 0.539. The van der Waals surface area contributed by atoms with Crippen molar-refractivity contribution in [3.05, 3.63) is 29.8 Å². The summed E-state index contributed by atoms with van der Waals surface area (Å²) >= 11 is 0. The van der Waals surface area contributed by atoms with Crippen molar-refractivity contribution >= 4 is 0 Å². The van der Waals surface area contributed by atoms with Gasteiger partial charge in [0.25, 0.3) is 0 Å². The zero-order valence-corrected chi connectivity index (χ0v) is 9.86. The van der Waals surface area contributed by atoms with Crippen molar-refractivity contribution in [1.82, 2.24) is 5.48 Å². The average Bonchev–Trinajstić information content (AvgIpc) is 2.22. The Labute approximate surface area is 91.7 Å². The van der Waals surface area contributed by atoms with Gasteiger partial charge < -0.3 is 16.0 Å². The van der Waals surface area contributed by atoms with Crippen LogP contribution in [0.3, 0.4) is 0 Å². The molecule has 0 bridgehead atoms. The number of nitrogens with two attached hydrogens (primary N) is 1. The average molecular weight is 214 g/mol. The van der Waals surface area contributed by atoms with Crippen LogP contribution in [0, 0.1) is 0 Å². The molecule has 4 heteroatoms. The topological polar surface area (TPSA) is 78.5 Å². The molecule has 1 unspecified atom stereocenters. The lowest BCUT2D eigenvalue weighted by Gasteiger charge is -2.03. The largest absolute Gasteiger partial charge is 0.508 e. The molecule has 0 saturated heterocycles. The van der Waals surface area contributed by atoms with Gasteiger partial charge in [-0.2, -0.15) is 0 Å². The molecule has 0 aliphatic carbocycles. The van der Waals surface area contributed by atoms with Gasteiger partial charge >= 0.3 is 0 Å². The van der Waals surface area contributed by atoms with Crippen molar-refractivity contribution < 1.29 is 10.3 Å². The second kappa shape index (κ2) is 11.0. The zero-order valence-electron chi connectivity index (χ0n) is 9.86. The third-order valence-electron chi connectivity index (χ3n) is 1.42. The highest BCUT2D eigenvalue weighted by Crippen LogP contribution is 2.13. The second-order valence-electron chi connectivity index (χ2n) is 2.60. The fraction of sp³-hybridized carbons (Fsp3) is 0.455. The fourth-order valence-electron chi connectivity index (χ4n) is 0.778. The van der Waals surface area contributed by atoms with Crippen molar-refractivity contribution in [2.45, 2.75) is 26.8 Å². The molecule has 0 radical (unpaired) electrons. The molecule has 88 valence electrons. The molecule has 4 nitrogen and oxygen atoms in total. The van der Waals surface area contributed by atoms with Crippen molar-refractivity contribution in [1.29, 1.82) is 0 Å². The number of aromatic hydroxyl groups is 1. The second-order valence-corrected chi connectivity index (χ2v) is 2.60. The van der Waals surface area contributed by atoms with E-state index >= 15 is 0 Å². The number of nitrogens with one attached hydrogen (secondary N) is 1. The minimum absolute atomic E-state index is 0.0422. The molecule has 5 N–H and O–H groups in total. The lowest BCUT2D eigenvalue weighted by Crippen LogP contribution is -2.03. The van der Waals surface area contributed by atoms with Gasteiger partial charge in [0.05, 0.1) is 0 Å². The van der Waals surface area contributed by atoms with E-state index in [9.17, 15) is 0 Å². The minimum atomic E-state index is 0.0422. The summed E-state index contributed by atoms with van der Waals surface area (Å²) in [5.41, 5.74) is 8.37. The smallest absolute Gasteiger partial charge is 0.115 e. The van der Waals surface area contributed by atoms with Crippen molar-refractivity contribution in [3.8, 4) is 5.75 Å². The summed E-state index contributed by atoms with van der Waals surface area (Å²) in [7, 11) is 1.43. The van der Waals surface area contributed by atoms with Crippen LogP contribution in [-0.2, 0) is 0 Å². The van der Waals surface area contributed by atoms with E-state index in [1.165, 1.54) is 7.05 Å². The molecule has 1 atom stereocenters. The molecule has 0 saturated carbocycles. The summed E-state index contributed by atoms with van der Waals surface area (Å²) in [6, 6.07) is 6.96. The van der Waals surface area contributed by atoms with Crippen LogP contribution >= 0.6 is 0 Å². The lowest BCUT2D eigenvalue weighted by molar-refractivity contribution is 0.194. The Hall–Kier alpha value is -1.10. The molecule has 1 aromatic rings. The van der Waals surface area contributed by atoms with Gasteiger partial charge in [-0.25, -0.2) is 5.48 Å². The summed E-state index contributed by atoms with van der Waals surface area (Å²) < 4.78 is 0. The molecule has 15 heavy (non-hydrogen) atoms. The van der Waals surface area contributed by atoms with E-state index in [1.54, 1.807) is 17.6 Å². The summed E-state index contributed by atoms with van der Waals surface area (Å²) in [5, 5.41) is 16.2. The Morgan fingerprint density at radius 1 is 1.20 bits per heavy atom. The number of hydroxylamine groups is 1. The Kier molecular flexibility index (Phi) is 12.0. The van der Waals surface area contributed by atoms with Gasteiger partial charge in [0.15, 0.2) is 0 Å². The Balaban J connectivity index is 0. The van der Waals surface area contributed by atoms with Crippen LogP contribution in [0.1, 0.15) is 32.4 Å². The van der Waals surface area contributed by atoms with Crippen LogP contribution in [0.5, 0.6) is 5.75 Å².